The Morgan fingerprint density at radius 1 is 1.12 bits per heavy atom. The molecule has 0 bridgehead atoms. The molecule has 4 rings (SSSR count). The van der Waals surface area contributed by atoms with E-state index in [-0.39, 0.29) is 12.5 Å². The summed E-state index contributed by atoms with van der Waals surface area (Å²) in [5.41, 5.74) is 0.802. The minimum Gasteiger partial charge on any atom is -0.454 e. The molecule has 2 aliphatic heterocycles. The molecule has 0 unspecified atom stereocenters. The molecule has 0 saturated carbocycles. The van der Waals surface area contributed by atoms with Crippen LogP contribution in [-0.4, -0.2) is 57.0 Å². The summed E-state index contributed by atoms with van der Waals surface area (Å²) in [5.74, 6) is 0.927. The van der Waals surface area contributed by atoms with Crippen molar-refractivity contribution in [2.45, 2.75) is 25.7 Å². The monoisotopic (exact) mass is 465 g/mol. The highest BCUT2D eigenvalue weighted by molar-refractivity contribution is 5.97. The second-order valence-electron chi connectivity index (χ2n) is 8.10. The lowest BCUT2D eigenvalue weighted by atomic mass is 10.1. The quantitative estimate of drug-likeness (QED) is 0.702. The van der Waals surface area contributed by atoms with E-state index in [0.29, 0.717) is 50.0 Å². The number of amides is 1. The molecular weight excluding hydrogens is 439 g/mol. The Hall–Kier alpha value is -2.98. The molecule has 2 aromatic carbocycles. The van der Waals surface area contributed by atoms with Crippen LogP contribution >= 0.6 is 0 Å². The van der Waals surface area contributed by atoms with Gasteiger partial charge in [0.25, 0.3) is 0 Å². The van der Waals surface area contributed by atoms with Crippen molar-refractivity contribution in [2.24, 2.45) is 0 Å². The van der Waals surface area contributed by atoms with Gasteiger partial charge in [0.05, 0.1) is 36.2 Å². The molecule has 0 spiro atoms. The lowest BCUT2D eigenvalue weighted by Crippen LogP contribution is -2.40. The third-order valence-electron chi connectivity index (χ3n) is 5.84. The van der Waals surface area contributed by atoms with Crippen LogP contribution in [0.15, 0.2) is 36.4 Å². The zero-order chi connectivity index (χ0) is 23.6. The summed E-state index contributed by atoms with van der Waals surface area (Å²) in [4.78, 5) is 16.7. The van der Waals surface area contributed by atoms with Gasteiger partial charge in [-0.25, -0.2) is 0 Å². The van der Waals surface area contributed by atoms with Crippen LogP contribution in [0.25, 0.3) is 0 Å². The molecule has 1 saturated heterocycles. The van der Waals surface area contributed by atoms with Gasteiger partial charge in [-0.15, -0.1) is 0 Å². The SMILES string of the molecule is C[C@H](C(=O)Nc1cc(C(F)(F)F)ccc1N1CCOCC1)N(C)Cc1ccc2c(c1)OCO2. The number of fused-ring (bicyclic) bond motifs is 1. The normalized spacial score (nSPS) is 16.7. The number of anilines is 2. The minimum absolute atomic E-state index is 0.139. The predicted molar refractivity (Wildman–Crippen MR) is 117 cm³/mol. The van der Waals surface area contributed by atoms with Gasteiger partial charge in [0.15, 0.2) is 11.5 Å². The number of likely N-dealkylation sites (N-methyl/N-ethyl adjacent to an activating group) is 1. The van der Waals surface area contributed by atoms with Crippen LogP contribution in [0.4, 0.5) is 24.5 Å². The summed E-state index contributed by atoms with van der Waals surface area (Å²) < 4.78 is 56.0. The van der Waals surface area contributed by atoms with Crippen molar-refractivity contribution in [3.63, 3.8) is 0 Å². The van der Waals surface area contributed by atoms with Crippen molar-refractivity contribution < 1.29 is 32.2 Å². The van der Waals surface area contributed by atoms with Crippen LogP contribution in [0.1, 0.15) is 18.1 Å². The Kier molecular flexibility index (Phi) is 6.66. The van der Waals surface area contributed by atoms with Gasteiger partial charge in [-0.2, -0.15) is 13.2 Å². The average molecular weight is 465 g/mol. The Labute approximate surface area is 190 Å². The van der Waals surface area contributed by atoms with Crippen LogP contribution in [0, 0.1) is 0 Å². The van der Waals surface area contributed by atoms with E-state index >= 15 is 0 Å². The number of ether oxygens (including phenoxy) is 3. The van der Waals surface area contributed by atoms with Crippen LogP contribution in [0.2, 0.25) is 0 Å². The smallest absolute Gasteiger partial charge is 0.416 e. The number of hydrogen-bond acceptors (Lipinski definition) is 6. The zero-order valence-corrected chi connectivity index (χ0v) is 18.4. The number of carbonyl (C=O) groups excluding carboxylic acids is 1. The maximum absolute atomic E-state index is 13.3. The number of halogens is 3. The fourth-order valence-corrected chi connectivity index (χ4v) is 3.79. The first-order chi connectivity index (χ1) is 15.7. The van der Waals surface area contributed by atoms with Gasteiger partial charge < -0.3 is 24.4 Å². The Morgan fingerprint density at radius 2 is 1.85 bits per heavy atom. The molecule has 0 aliphatic carbocycles. The summed E-state index contributed by atoms with van der Waals surface area (Å²) in [5, 5.41) is 2.72. The molecule has 2 aliphatic rings. The van der Waals surface area contributed by atoms with Crippen molar-refractivity contribution in [2.75, 3.05) is 50.4 Å². The molecule has 2 aromatic rings. The van der Waals surface area contributed by atoms with E-state index in [4.69, 9.17) is 14.2 Å². The van der Waals surface area contributed by atoms with E-state index in [1.54, 1.807) is 14.0 Å². The molecule has 0 radical (unpaired) electrons. The third kappa shape index (κ3) is 5.33. The van der Waals surface area contributed by atoms with E-state index in [1.807, 2.05) is 28.0 Å². The van der Waals surface area contributed by atoms with Crippen molar-refractivity contribution in [3.8, 4) is 11.5 Å². The first kappa shape index (κ1) is 23.2. The third-order valence-corrected chi connectivity index (χ3v) is 5.84. The fraction of sp³-hybridized carbons (Fsp3) is 0.435. The molecule has 33 heavy (non-hydrogen) atoms. The molecule has 178 valence electrons. The summed E-state index contributed by atoms with van der Waals surface area (Å²) in [6, 6.07) is 8.40. The van der Waals surface area contributed by atoms with Gasteiger partial charge in [0, 0.05) is 19.6 Å². The van der Waals surface area contributed by atoms with Crippen LogP contribution in [0.5, 0.6) is 11.5 Å². The van der Waals surface area contributed by atoms with E-state index in [9.17, 15) is 18.0 Å². The lowest BCUT2D eigenvalue weighted by molar-refractivity contribution is -0.137. The lowest BCUT2D eigenvalue weighted by Gasteiger charge is -2.31. The van der Waals surface area contributed by atoms with Crippen LogP contribution < -0.4 is 19.7 Å². The highest BCUT2D eigenvalue weighted by Crippen LogP contribution is 2.36. The van der Waals surface area contributed by atoms with Crippen LogP contribution in [-0.2, 0) is 22.3 Å². The summed E-state index contributed by atoms with van der Waals surface area (Å²) in [6.45, 7) is 4.36. The number of carbonyl (C=O) groups is 1. The summed E-state index contributed by atoms with van der Waals surface area (Å²) >= 11 is 0. The number of rotatable bonds is 6. The van der Waals surface area contributed by atoms with Crippen molar-refractivity contribution in [3.05, 3.63) is 47.5 Å². The average Bonchev–Trinajstić information content (AvgIpc) is 3.26. The van der Waals surface area contributed by atoms with Crippen LogP contribution in [0.3, 0.4) is 0 Å². The Bertz CT molecular complexity index is 1010. The molecule has 2 heterocycles. The number of morpholine rings is 1. The van der Waals surface area contributed by atoms with Gasteiger partial charge in [-0.1, -0.05) is 6.07 Å². The second kappa shape index (κ2) is 9.48. The molecule has 1 atom stereocenters. The largest absolute Gasteiger partial charge is 0.454 e. The van der Waals surface area contributed by atoms with E-state index in [0.717, 1.165) is 17.7 Å². The van der Waals surface area contributed by atoms with Crippen molar-refractivity contribution in [1.82, 2.24) is 4.90 Å². The Balaban J connectivity index is 1.49. The van der Waals surface area contributed by atoms with E-state index in [2.05, 4.69) is 5.32 Å². The second-order valence-corrected chi connectivity index (χ2v) is 8.10. The molecule has 1 fully saturated rings. The standard InChI is InChI=1S/C23H26F3N3O4/c1-15(28(2)13-16-3-6-20-21(11-16)33-14-32-20)22(30)27-18-12-17(23(24,25)26)4-5-19(18)29-7-9-31-10-8-29/h3-6,11-12,15H,7-10,13-14H2,1-2H3,(H,27,30)/t15-/m1/s1. The zero-order valence-electron chi connectivity index (χ0n) is 18.4. The molecule has 10 heteroatoms. The topological polar surface area (TPSA) is 63.3 Å². The molecule has 1 N–H and O–H groups in total. The molecular formula is C23H26F3N3O4. The Morgan fingerprint density at radius 3 is 2.58 bits per heavy atom. The maximum Gasteiger partial charge on any atom is 0.416 e. The highest BCUT2D eigenvalue weighted by atomic mass is 19.4. The van der Waals surface area contributed by atoms with Gasteiger partial charge in [0.2, 0.25) is 12.7 Å². The maximum atomic E-state index is 13.3. The number of nitrogens with zero attached hydrogens (tertiary/aromatic N) is 2. The van der Waals surface area contributed by atoms with E-state index < -0.39 is 23.7 Å². The number of nitrogens with one attached hydrogen (secondary N) is 1. The summed E-state index contributed by atoms with van der Waals surface area (Å²) in [6.07, 6.45) is -4.51. The summed E-state index contributed by atoms with van der Waals surface area (Å²) in [7, 11) is 1.78. The fourth-order valence-electron chi connectivity index (χ4n) is 3.79. The molecule has 1 amide bonds. The number of alkyl halides is 3. The first-order valence-electron chi connectivity index (χ1n) is 10.7. The van der Waals surface area contributed by atoms with Gasteiger partial charge in [0.1, 0.15) is 0 Å². The number of benzene rings is 2. The van der Waals surface area contributed by atoms with E-state index in [1.165, 1.54) is 6.07 Å². The van der Waals surface area contributed by atoms with Gasteiger partial charge in [-0.05, 0) is 49.9 Å². The van der Waals surface area contributed by atoms with Crippen molar-refractivity contribution >= 4 is 17.3 Å². The number of hydrogen-bond donors (Lipinski definition) is 1. The highest BCUT2D eigenvalue weighted by Gasteiger charge is 2.32. The predicted octanol–water partition coefficient (Wildman–Crippen LogP) is 3.73. The van der Waals surface area contributed by atoms with Crippen molar-refractivity contribution in [1.29, 1.82) is 0 Å². The molecule has 7 nitrogen and oxygen atoms in total. The van der Waals surface area contributed by atoms with Gasteiger partial charge in [-0.3, -0.25) is 9.69 Å². The van der Waals surface area contributed by atoms with Gasteiger partial charge >= 0.3 is 6.18 Å². The minimum atomic E-state index is -4.51. The molecule has 0 aromatic heterocycles. The first-order valence-corrected chi connectivity index (χ1v) is 10.7.